The third-order valence-electron chi connectivity index (χ3n) is 3.55. The molecule has 0 bridgehead atoms. The molecule has 0 spiro atoms. The van der Waals surface area contributed by atoms with Gasteiger partial charge >= 0.3 is 0 Å². The summed E-state index contributed by atoms with van der Waals surface area (Å²) in [6, 6.07) is 4.79. The summed E-state index contributed by atoms with van der Waals surface area (Å²) in [6.07, 6.45) is 1.14. The molecule has 0 aliphatic carbocycles. The number of fused-ring (bicyclic) bond motifs is 1. The number of hydrogen-bond donors (Lipinski definition) is 1. The SMILES string of the molecule is CCc1cc2c(cc1C)C(C)(C)CNC2. The topological polar surface area (TPSA) is 12.0 Å². The molecule has 0 aromatic heterocycles. The Morgan fingerprint density at radius 3 is 2.73 bits per heavy atom. The van der Waals surface area contributed by atoms with Crippen molar-refractivity contribution in [1.82, 2.24) is 5.32 Å². The second-order valence-corrected chi connectivity index (χ2v) is 5.28. The lowest BCUT2D eigenvalue weighted by Gasteiger charge is -2.34. The van der Waals surface area contributed by atoms with Crippen LogP contribution in [0.5, 0.6) is 0 Å². The van der Waals surface area contributed by atoms with Crippen molar-refractivity contribution in [2.75, 3.05) is 6.54 Å². The van der Waals surface area contributed by atoms with E-state index >= 15 is 0 Å². The van der Waals surface area contributed by atoms with Gasteiger partial charge in [-0.2, -0.15) is 0 Å². The molecule has 1 heteroatoms. The summed E-state index contributed by atoms with van der Waals surface area (Å²) in [5.74, 6) is 0. The standard InChI is InChI=1S/C14H21N/c1-5-11-7-12-8-15-9-14(3,4)13(12)6-10(11)2/h6-7,15H,5,8-9H2,1-4H3. The van der Waals surface area contributed by atoms with Gasteiger partial charge in [0.05, 0.1) is 0 Å². The second kappa shape index (κ2) is 3.64. The van der Waals surface area contributed by atoms with Crippen LogP contribution < -0.4 is 5.32 Å². The molecule has 1 N–H and O–H groups in total. The van der Waals surface area contributed by atoms with Gasteiger partial charge in [0.1, 0.15) is 0 Å². The molecule has 1 aliphatic rings. The summed E-state index contributed by atoms with van der Waals surface area (Å²) >= 11 is 0. The van der Waals surface area contributed by atoms with E-state index in [0.29, 0.717) is 0 Å². The van der Waals surface area contributed by atoms with Crippen LogP contribution >= 0.6 is 0 Å². The Bertz CT molecular complexity index is 377. The van der Waals surface area contributed by atoms with E-state index in [0.717, 1.165) is 19.5 Å². The van der Waals surface area contributed by atoms with Gasteiger partial charge in [-0.05, 0) is 35.6 Å². The van der Waals surface area contributed by atoms with Gasteiger partial charge in [0, 0.05) is 18.5 Å². The van der Waals surface area contributed by atoms with Crippen LogP contribution in [0.4, 0.5) is 0 Å². The molecule has 1 heterocycles. The van der Waals surface area contributed by atoms with Gasteiger partial charge in [-0.3, -0.25) is 0 Å². The highest BCUT2D eigenvalue weighted by molar-refractivity contribution is 5.43. The van der Waals surface area contributed by atoms with Gasteiger partial charge in [0.15, 0.2) is 0 Å². The minimum Gasteiger partial charge on any atom is -0.312 e. The van der Waals surface area contributed by atoms with Crippen LogP contribution in [0.1, 0.15) is 43.0 Å². The van der Waals surface area contributed by atoms with Gasteiger partial charge < -0.3 is 5.32 Å². The molecule has 1 aliphatic heterocycles. The zero-order valence-electron chi connectivity index (χ0n) is 10.3. The van der Waals surface area contributed by atoms with Crippen molar-refractivity contribution in [3.05, 3.63) is 34.4 Å². The van der Waals surface area contributed by atoms with E-state index in [1.54, 1.807) is 0 Å². The van der Waals surface area contributed by atoms with E-state index in [9.17, 15) is 0 Å². The fraction of sp³-hybridized carbons (Fsp3) is 0.571. The maximum atomic E-state index is 3.50. The summed E-state index contributed by atoms with van der Waals surface area (Å²) in [4.78, 5) is 0. The van der Waals surface area contributed by atoms with Crippen molar-refractivity contribution in [2.45, 2.75) is 46.1 Å². The highest BCUT2D eigenvalue weighted by atomic mass is 14.9. The van der Waals surface area contributed by atoms with E-state index < -0.39 is 0 Å². The van der Waals surface area contributed by atoms with Gasteiger partial charge in [-0.1, -0.05) is 32.9 Å². The average molecular weight is 203 g/mol. The first-order valence-corrected chi connectivity index (χ1v) is 5.88. The fourth-order valence-corrected chi connectivity index (χ4v) is 2.57. The largest absolute Gasteiger partial charge is 0.312 e. The quantitative estimate of drug-likeness (QED) is 0.740. The lowest BCUT2D eigenvalue weighted by molar-refractivity contribution is 0.434. The highest BCUT2D eigenvalue weighted by Gasteiger charge is 2.27. The molecule has 1 aromatic rings. The maximum Gasteiger partial charge on any atom is 0.0208 e. The van der Waals surface area contributed by atoms with Gasteiger partial charge in [-0.25, -0.2) is 0 Å². The third-order valence-corrected chi connectivity index (χ3v) is 3.55. The Morgan fingerprint density at radius 1 is 1.33 bits per heavy atom. The summed E-state index contributed by atoms with van der Waals surface area (Å²) in [5, 5.41) is 3.50. The van der Waals surface area contributed by atoms with Crippen LogP contribution in [-0.2, 0) is 18.4 Å². The zero-order chi connectivity index (χ0) is 11.1. The molecule has 0 amide bonds. The molecule has 0 atom stereocenters. The van der Waals surface area contributed by atoms with Crippen LogP contribution in [0.25, 0.3) is 0 Å². The molecule has 0 radical (unpaired) electrons. The first kappa shape index (κ1) is 10.7. The molecule has 2 rings (SSSR count). The maximum absolute atomic E-state index is 3.50. The van der Waals surface area contributed by atoms with Gasteiger partial charge in [-0.15, -0.1) is 0 Å². The second-order valence-electron chi connectivity index (χ2n) is 5.28. The predicted molar refractivity (Wildman–Crippen MR) is 65.3 cm³/mol. The van der Waals surface area contributed by atoms with Crippen molar-refractivity contribution in [3.63, 3.8) is 0 Å². The number of hydrogen-bond acceptors (Lipinski definition) is 1. The summed E-state index contributed by atoms with van der Waals surface area (Å²) < 4.78 is 0. The Balaban J connectivity index is 2.55. The highest BCUT2D eigenvalue weighted by Crippen LogP contribution is 2.31. The van der Waals surface area contributed by atoms with Gasteiger partial charge in [0.2, 0.25) is 0 Å². The Labute approximate surface area is 92.9 Å². The first-order chi connectivity index (χ1) is 7.04. The zero-order valence-corrected chi connectivity index (χ0v) is 10.3. The van der Waals surface area contributed by atoms with Crippen molar-refractivity contribution in [1.29, 1.82) is 0 Å². The molecule has 1 aromatic carbocycles. The molecule has 1 nitrogen and oxygen atoms in total. The Hall–Kier alpha value is -0.820. The summed E-state index contributed by atoms with van der Waals surface area (Å²) in [5.41, 5.74) is 6.26. The van der Waals surface area contributed by atoms with Gasteiger partial charge in [0.25, 0.3) is 0 Å². The van der Waals surface area contributed by atoms with E-state index in [1.807, 2.05) is 0 Å². The molecular weight excluding hydrogens is 182 g/mol. The van der Waals surface area contributed by atoms with E-state index in [4.69, 9.17) is 0 Å². The van der Waals surface area contributed by atoms with Crippen molar-refractivity contribution < 1.29 is 0 Å². The van der Waals surface area contributed by atoms with Crippen LogP contribution in [0.15, 0.2) is 12.1 Å². The van der Waals surface area contributed by atoms with Crippen LogP contribution in [0.3, 0.4) is 0 Å². The molecule has 0 fully saturated rings. The van der Waals surface area contributed by atoms with Crippen LogP contribution in [0, 0.1) is 6.92 Å². The molecule has 0 unspecified atom stereocenters. The Kier molecular flexibility index (Phi) is 2.59. The van der Waals surface area contributed by atoms with E-state index in [-0.39, 0.29) is 5.41 Å². The first-order valence-electron chi connectivity index (χ1n) is 5.88. The molecular formula is C14H21N. The number of benzene rings is 1. The fourth-order valence-electron chi connectivity index (χ4n) is 2.57. The average Bonchev–Trinajstić information content (AvgIpc) is 2.18. The van der Waals surface area contributed by atoms with Crippen molar-refractivity contribution in [3.8, 4) is 0 Å². The Morgan fingerprint density at radius 2 is 2.07 bits per heavy atom. The predicted octanol–water partition coefficient (Wildman–Crippen LogP) is 2.94. The minimum absolute atomic E-state index is 0.282. The minimum atomic E-state index is 0.282. The van der Waals surface area contributed by atoms with Crippen molar-refractivity contribution in [2.24, 2.45) is 0 Å². The monoisotopic (exact) mass is 203 g/mol. The van der Waals surface area contributed by atoms with Crippen molar-refractivity contribution >= 4 is 0 Å². The molecule has 15 heavy (non-hydrogen) atoms. The number of aryl methyl sites for hydroxylation is 2. The van der Waals surface area contributed by atoms with Crippen LogP contribution in [-0.4, -0.2) is 6.54 Å². The molecule has 82 valence electrons. The normalized spacial score (nSPS) is 18.7. The number of rotatable bonds is 1. The molecule has 0 saturated carbocycles. The summed E-state index contributed by atoms with van der Waals surface area (Å²) in [7, 11) is 0. The summed E-state index contributed by atoms with van der Waals surface area (Å²) in [6.45, 7) is 11.2. The number of nitrogens with one attached hydrogen (secondary N) is 1. The van der Waals surface area contributed by atoms with E-state index in [1.165, 1.54) is 22.3 Å². The van der Waals surface area contributed by atoms with Crippen LogP contribution in [0.2, 0.25) is 0 Å². The smallest absolute Gasteiger partial charge is 0.0208 e. The molecule has 0 saturated heterocycles. The van der Waals surface area contributed by atoms with E-state index in [2.05, 4.69) is 45.1 Å². The third kappa shape index (κ3) is 1.81. The lowest BCUT2D eigenvalue weighted by atomic mass is 9.77. The lowest BCUT2D eigenvalue weighted by Crippen LogP contribution is -2.38.